The van der Waals surface area contributed by atoms with Crippen LogP contribution in [0.2, 0.25) is 0 Å². The van der Waals surface area contributed by atoms with Crippen molar-refractivity contribution in [3.63, 3.8) is 0 Å². The molecule has 0 aliphatic heterocycles. The van der Waals surface area contributed by atoms with E-state index in [1.165, 1.54) is 0 Å². The molecule has 2 rings (SSSR count). The number of hydrogen-bond acceptors (Lipinski definition) is 5. The normalized spacial score (nSPS) is 14.6. The van der Waals surface area contributed by atoms with Gasteiger partial charge in [-0.15, -0.1) is 5.10 Å². The first-order valence-electron chi connectivity index (χ1n) is 6.45. The van der Waals surface area contributed by atoms with Crippen LogP contribution < -0.4 is 0 Å². The monoisotopic (exact) mass is 268 g/mol. The lowest BCUT2D eigenvalue weighted by molar-refractivity contribution is 0.0616. The largest absolute Gasteiger partial charge is 0.383 e. The average molecular weight is 268 g/mol. The van der Waals surface area contributed by atoms with Crippen molar-refractivity contribution < 1.29 is 14.3 Å². The molecule has 0 unspecified atom stereocenters. The van der Waals surface area contributed by atoms with E-state index in [9.17, 15) is 4.79 Å². The van der Waals surface area contributed by atoms with Crippen LogP contribution in [0.3, 0.4) is 0 Å². The molecule has 1 heterocycles. The highest BCUT2D eigenvalue weighted by atomic mass is 16.5. The lowest BCUT2D eigenvalue weighted by atomic mass is 10.4. The maximum atomic E-state index is 12.3. The van der Waals surface area contributed by atoms with Gasteiger partial charge in [0.05, 0.1) is 13.2 Å². The van der Waals surface area contributed by atoms with Gasteiger partial charge in [-0.1, -0.05) is 0 Å². The standard InChI is InChI=1S/C12H20N4O3/c1-18-7-5-16(6-8-19-2)12(17)11-13-10(14-15-11)9-3-4-9/h9H,3-8H2,1-2H3,(H,13,14,15). The number of carbonyl (C=O) groups excluding carboxylic acids is 1. The molecule has 7 nitrogen and oxygen atoms in total. The molecule has 1 aliphatic carbocycles. The van der Waals surface area contributed by atoms with Crippen LogP contribution in [0.5, 0.6) is 0 Å². The maximum Gasteiger partial charge on any atom is 0.293 e. The number of H-pyrrole nitrogens is 1. The van der Waals surface area contributed by atoms with Gasteiger partial charge in [0, 0.05) is 33.2 Å². The molecule has 0 aromatic carbocycles. The Bertz CT molecular complexity index is 409. The van der Waals surface area contributed by atoms with Crippen molar-refractivity contribution in [2.24, 2.45) is 0 Å². The Balaban J connectivity index is 1.98. The van der Waals surface area contributed by atoms with Crippen LogP contribution in [-0.4, -0.2) is 66.5 Å². The number of amides is 1. The first-order valence-corrected chi connectivity index (χ1v) is 6.45. The number of hydrogen-bond donors (Lipinski definition) is 1. The third-order valence-corrected chi connectivity index (χ3v) is 3.08. The number of methoxy groups -OCH3 is 2. The van der Waals surface area contributed by atoms with Crippen molar-refractivity contribution in [1.29, 1.82) is 0 Å². The zero-order valence-electron chi connectivity index (χ0n) is 11.4. The lowest BCUT2D eigenvalue weighted by Crippen LogP contribution is -2.37. The van der Waals surface area contributed by atoms with Crippen LogP contribution >= 0.6 is 0 Å². The minimum absolute atomic E-state index is 0.183. The van der Waals surface area contributed by atoms with Crippen LogP contribution in [0.4, 0.5) is 0 Å². The van der Waals surface area contributed by atoms with E-state index in [-0.39, 0.29) is 11.7 Å². The van der Waals surface area contributed by atoms with Crippen molar-refractivity contribution in [1.82, 2.24) is 20.1 Å². The molecule has 19 heavy (non-hydrogen) atoms. The minimum Gasteiger partial charge on any atom is -0.383 e. The zero-order chi connectivity index (χ0) is 13.7. The summed E-state index contributed by atoms with van der Waals surface area (Å²) in [6, 6.07) is 0. The smallest absolute Gasteiger partial charge is 0.293 e. The molecule has 1 amide bonds. The van der Waals surface area contributed by atoms with Crippen molar-refractivity contribution in [3.05, 3.63) is 11.6 Å². The predicted molar refractivity (Wildman–Crippen MR) is 68.0 cm³/mol. The maximum absolute atomic E-state index is 12.3. The van der Waals surface area contributed by atoms with Crippen LogP contribution in [0.25, 0.3) is 0 Å². The Kier molecular flexibility index (Phi) is 4.86. The third-order valence-electron chi connectivity index (χ3n) is 3.08. The first-order chi connectivity index (χ1) is 9.26. The average Bonchev–Trinajstić information content (AvgIpc) is 3.16. The summed E-state index contributed by atoms with van der Waals surface area (Å²) in [7, 11) is 3.22. The van der Waals surface area contributed by atoms with E-state index in [4.69, 9.17) is 9.47 Å². The summed E-state index contributed by atoms with van der Waals surface area (Å²) in [5.74, 6) is 1.33. The summed E-state index contributed by atoms with van der Waals surface area (Å²) in [5, 5.41) is 6.85. The zero-order valence-corrected chi connectivity index (χ0v) is 11.4. The van der Waals surface area contributed by atoms with Gasteiger partial charge in [-0.2, -0.15) is 0 Å². The molecule has 1 aromatic rings. The summed E-state index contributed by atoms with van der Waals surface area (Å²) in [6.45, 7) is 1.97. The molecule has 106 valence electrons. The molecule has 0 spiro atoms. The first kappa shape index (κ1) is 14.0. The van der Waals surface area contributed by atoms with Gasteiger partial charge < -0.3 is 14.4 Å². The molecule has 0 atom stereocenters. The Labute approximate surface area is 112 Å². The van der Waals surface area contributed by atoms with Crippen LogP contribution in [-0.2, 0) is 9.47 Å². The fourth-order valence-electron chi connectivity index (χ4n) is 1.77. The number of rotatable bonds is 8. The Morgan fingerprint density at radius 1 is 1.32 bits per heavy atom. The second kappa shape index (κ2) is 6.63. The lowest BCUT2D eigenvalue weighted by Gasteiger charge is -2.20. The Hall–Kier alpha value is -1.47. The quantitative estimate of drug-likeness (QED) is 0.739. The van der Waals surface area contributed by atoms with Gasteiger partial charge in [0.1, 0.15) is 5.82 Å². The SMILES string of the molecule is COCCN(CCOC)C(=O)c1n[nH]c(C2CC2)n1. The van der Waals surface area contributed by atoms with Crippen molar-refractivity contribution in [2.45, 2.75) is 18.8 Å². The molecule has 0 saturated heterocycles. The highest BCUT2D eigenvalue weighted by Crippen LogP contribution is 2.37. The second-order valence-corrected chi connectivity index (χ2v) is 4.60. The third kappa shape index (κ3) is 3.74. The Morgan fingerprint density at radius 2 is 1.95 bits per heavy atom. The van der Waals surface area contributed by atoms with Gasteiger partial charge in [0.25, 0.3) is 5.91 Å². The van der Waals surface area contributed by atoms with Crippen LogP contribution in [0.1, 0.15) is 35.2 Å². The molecular formula is C12H20N4O3. The predicted octanol–water partition coefficient (Wildman–Crippen LogP) is 0.417. The summed E-state index contributed by atoms with van der Waals surface area (Å²) in [6.07, 6.45) is 2.25. The molecule has 0 radical (unpaired) electrons. The summed E-state index contributed by atoms with van der Waals surface area (Å²) >= 11 is 0. The van der Waals surface area contributed by atoms with Crippen LogP contribution in [0.15, 0.2) is 0 Å². The molecule has 1 aromatic heterocycles. The van der Waals surface area contributed by atoms with E-state index in [1.807, 2.05) is 0 Å². The van der Waals surface area contributed by atoms with E-state index in [0.717, 1.165) is 18.7 Å². The summed E-state index contributed by atoms with van der Waals surface area (Å²) < 4.78 is 10.0. The fraction of sp³-hybridized carbons (Fsp3) is 0.750. The number of nitrogens with zero attached hydrogens (tertiary/aromatic N) is 3. The fourth-order valence-corrected chi connectivity index (χ4v) is 1.77. The van der Waals surface area contributed by atoms with E-state index < -0.39 is 0 Å². The van der Waals surface area contributed by atoms with E-state index in [0.29, 0.717) is 32.2 Å². The number of aromatic amines is 1. The van der Waals surface area contributed by atoms with Gasteiger partial charge in [-0.25, -0.2) is 4.98 Å². The van der Waals surface area contributed by atoms with Crippen molar-refractivity contribution in [2.75, 3.05) is 40.5 Å². The molecule has 7 heteroatoms. The summed E-state index contributed by atoms with van der Waals surface area (Å²) in [5.41, 5.74) is 0. The van der Waals surface area contributed by atoms with Crippen LogP contribution in [0, 0.1) is 0 Å². The molecule has 0 bridgehead atoms. The number of carbonyl (C=O) groups is 1. The van der Waals surface area contributed by atoms with Gasteiger partial charge in [-0.05, 0) is 12.8 Å². The second-order valence-electron chi connectivity index (χ2n) is 4.60. The molecule has 1 aliphatic rings. The molecule has 1 saturated carbocycles. The Morgan fingerprint density at radius 3 is 2.47 bits per heavy atom. The summed E-state index contributed by atoms with van der Waals surface area (Å²) in [4.78, 5) is 18.2. The van der Waals surface area contributed by atoms with Crippen molar-refractivity contribution >= 4 is 5.91 Å². The van der Waals surface area contributed by atoms with E-state index >= 15 is 0 Å². The topological polar surface area (TPSA) is 80.3 Å². The highest BCUT2D eigenvalue weighted by Gasteiger charge is 2.29. The van der Waals surface area contributed by atoms with E-state index in [1.54, 1.807) is 19.1 Å². The molecule has 1 fully saturated rings. The number of ether oxygens (including phenoxy) is 2. The van der Waals surface area contributed by atoms with Crippen molar-refractivity contribution in [3.8, 4) is 0 Å². The molecule has 1 N–H and O–H groups in total. The van der Waals surface area contributed by atoms with Gasteiger partial charge >= 0.3 is 0 Å². The molecular weight excluding hydrogens is 248 g/mol. The highest BCUT2D eigenvalue weighted by molar-refractivity contribution is 5.90. The van der Waals surface area contributed by atoms with E-state index in [2.05, 4.69) is 15.2 Å². The minimum atomic E-state index is -0.183. The number of aromatic nitrogens is 3. The van der Waals surface area contributed by atoms with Gasteiger partial charge in [-0.3, -0.25) is 9.89 Å². The van der Waals surface area contributed by atoms with Gasteiger partial charge in [0.2, 0.25) is 5.82 Å². The number of nitrogens with one attached hydrogen (secondary N) is 1. The van der Waals surface area contributed by atoms with Gasteiger partial charge in [0.15, 0.2) is 0 Å².